The molecule has 0 spiro atoms. The zero-order valence-electron chi connectivity index (χ0n) is 9.90. The molecule has 0 aliphatic carbocycles. The zero-order valence-corrected chi connectivity index (χ0v) is 11.5. The number of nitrogen functional groups attached to an aromatic ring is 1. The Morgan fingerprint density at radius 2 is 1.80 bits per heavy atom. The summed E-state index contributed by atoms with van der Waals surface area (Å²) in [5.74, 6) is -1.41. The number of hydrogen-bond donors (Lipinski definition) is 2. The summed E-state index contributed by atoms with van der Waals surface area (Å²) in [6, 6.07) is 6.20. The van der Waals surface area contributed by atoms with E-state index in [0.717, 1.165) is 30.3 Å². The predicted molar refractivity (Wildman–Crippen MR) is 73.0 cm³/mol. The van der Waals surface area contributed by atoms with Gasteiger partial charge in [-0.05, 0) is 36.4 Å². The van der Waals surface area contributed by atoms with Crippen molar-refractivity contribution >= 4 is 33.0 Å². The predicted octanol–water partition coefficient (Wildman–Crippen LogP) is 3.00. The van der Waals surface area contributed by atoms with E-state index < -0.39 is 21.7 Å². The van der Waals surface area contributed by atoms with Crippen molar-refractivity contribution in [3.63, 3.8) is 0 Å². The van der Waals surface area contributed by atoms with Crippen molar-refractivity contribution in [1.29, 1.82) is 0 Å². The highest BCUT2D eigenvalue weighted by Gasteiger charge is 2.16. The fraction of sp³-hybridized carbons (Fsp3) is 0. The van der Waals surface area contributed by atoms with E-state index in [-0.39, 0.29) is 21.3 Å². The summed E-state index contributed by atoms with van der Waals surface area (Å²) in [6.45, 7) is 0. The maximum Gasteiger partial charge on any atom is 0.261 e. The molecule has 0 aliphatic rings. The summed E-state index contributed by atoms with van der Waals surface area (Å²) in [5.41, 5.74) is 4.97. The van der Waals surface area contributed by atoms with Crippen LogP contribution in [0.25, 0.3) is 0 Å². The normalized spacial score (nSPS) is 11.3. The number of anilines is 2. The number of nitrogens with two attached hydrogens (primary N) is 1. The first-order chi connectivity index (χ1) is 9.28. The highest BCUT2D eigenvalue weighted by atomic mass is 35.5. The molecule has 0 aliphatic heterocycles. The van der Waals surface area contributed by atoms with E-state index >= 15 is 0 Å². The molecule has 0 saturated heterocycles. The third-order valence-corrected chi connectivity index (χ3v) is 3.99. The molecular formula is C12H9ClF2N2O2S. The van der Waals surface area contributed by atoms with Gasteiger partial charge in [0, 0.05) is 5.02 Å². The van der Waals surface area contributed by atoms with Crippen LogP contribution in [0.4, 0.5) is 20.2 Å². The number of benzene rings is 2. The molecule has 106 valence electrons. The maximum absolute atomic E-state index is 13.1. The van der Waals surface area contributed by atoms with Crippen molar-refractivity contribution in [1.82, 2.24) is 0 Å². The molecular weight excluding hydrogens is 310 g/mol. The third-order valence-electron chi connectivity index (χ3n) is 2.39. The van der Waals surface area contributed by atoms with Crippen LogP contribution in [0, 0.1) is 11.6 Å². The van der Waals surface area contributed by atoms with E-state index in [4.69, 9.17) is 17.3 Å². The van der Waals surface area contributed by atoms with Crippen molar-refractivity contribution < 1.29 is 17.2 Å². The first-order valence-corrected chi connectivity index (χ1v) is 7.18. The Labute approximate surface area is 119 Å². The molecule has 20 heavy (non-hydrogen) atoms. The molecule has 2 aromatic rings. The quantitative estimate of drug-likeness (QED) is 0.854. The van der Waals surface area contributed by atoms with Crippen LogP contribution in [0.15, 0.2) is 41.3 Å². The Bertz CT molecular complexity index is 746. The number of hydrogen-bond acceptors (Lipinski definition) is 3. The third kappa shape index (κ3) is 3.17. The Hall–Kier alpha value is -1.86. The van der Waals surface area contributed by atoms with Crippen LogP contribution in [-0.2, 0) is 10.0 Å². The van der Waals surface area contributed by atoms with Gasteiger partial charge >= 0.3 is 0 Å². The molecule has 2 rings (SSSR count). The van der Waals surface area contributed by atoms with Gasteiger partial charge in [-0.2, -0.15) is 0 Å². The van der Waals surface area contributed by atoms with Crippen LogP contribution in [-0.4, -0.2) is 8.42 Å². The SMILES string of the molecule is Nc1cc(S(=O)(=O)Nc2cc(F)cc(Cl)c2)ccc1F. The lowest BCUT2D eigenvalue weighted by Crippen LogP contribution is -2.13. The van der Waals surface area contributed by atoms with E-state index in [1.54, 1.807) is 0 Å². The standard InChI is InChI=1S/C12H9ClF2N2O2S/c13-7-3-8(14)5-9(4-7)17-20(18,19)10-1-2-11(15)12(16)6-10/h1-6,17H,16H2. The van der Waals surface area contributed by atoms with Gasteiger partial charge < -0.3 is 5.73 Å². The smallest absolute Gasteiger partial charge is 0.261 e. The van der Waals surface area contributed by atoms with Crippen molar-refractivity contribution in [2.75, 3.05) is 10.5 Å². The van der Waals surface area contributed by atoms with Crippen LogP contribution >= 0.6 is 11.6 Å². The molecule has 0 fully saturated rings. The lowest BCUT2D eigenvalue weighted by Gasteiger charge is -2.09. The minimum absolute atomic E-state index is 0.0429. The molecule has 2 aromatic carbocycles. The van der Waals surface area contributed by atoms with Crippen LogP contribution in [0.1, 0.15) is 0 Å². The second kappa shape index (κ2) is 5.26. The number of sulfonamides is 1. The first kappa shape index (κ1) is 14.5. The molecule has 0 saturated carbocycles. The summed E-state index contributed by atoms with van der Waals surface area (Å²) in [5, 5.41) is 0.0429. The Kier molecular flexibility index (Phi) is 3.82. The summed E-state index contributed by atoms with van der Waals surface area (Å²) < 4.78 is 52.3. The zero-order chi connectivity index (χ0) is 14.9. The van der Waals surface area contributed by atoms with E-state index in [2.05, 4.69) is 4.72 Å². The summed E-state index contributed by atoms with van der Waals surface area (Å²) in [7, 11) is -4.01. The largest absolute Gasteiger partial charge is 0.396 e. The molecule has 8 heteroatoms. The monoisotopic (exact) mass is 318 g/mol. The highest BCUT2D eigenvalue weighted by molar-refractivity contribution is 7.92. The van der Waals surface area contributed by atoms with Crippen molar-refractivity contribution in [2.24, 2.45) is 0 Å². The summed E-state index contributed by atoms with van der Waals surface area (Å²) in [4.78, 5) is -0.239. The number of halogens is 3. The lowest BCUT2D eigenvalue weighted by molar-refractivity contribution is 0.600. The second-order valence-electron chi connectivity index (χ2n) is 3.95. The fourth-order valence-electron chi connectivity index (χ4n) is 1.52. The average molecular weight is 319 g/mol. The number of rotatable bonds is 3. The molecule has 0 atom stereocenters. The highest BCUT2D eigenvalue weighted by Crippen LogP contribution is 2.23. The molecule has 0 bridgehead atoms. The average Bonchev–Trinajstić information content (AvgIpc) is 2.30. The van der Waals surface area contributed by atoms with Crippen molar-refractivity contribution in [2.45, 2.75) is 4.90 Å². The maximum atomic E-state index is 13.1. The Morgan fingerprint density at radius 3 is 2.40 bits per heavy atom. The summed E-state index contributed by atoms with van der Waals surface area (Å²) in [6.07, 6.45) is 0. The van der Waals surface area contributed by atoms with Gasteiger partial charge in [-0.25, -0.2) is 17.2 Å². The van der Waals surface area contributed by atoms with E-state index in [0.29, 0.717) is 0 Å². The van der Waals surface area contributed by atoms with E-state index in [9.17, 15) is 17.2 Å². The molecule has 0 heterocycles. The number of nitrogens with one attached hydrogen (secondary N) is 1. The van der Waals surface area contributed by atoms with Gasteiger partial charge in [0.2, 0.25) is 0 Å². The Balaban J connectivity index is 2.37. The molecule has 0 amide bonds. The molecule has 0 radical (unpaired) electrons. The van der Waals surface area contributed by atoms with E-state index in [1.807, 2.05) is 0 Å². The topological polar surface area (TPSA) is 72.2 Å². The van der Waals surface area contributed by atoms with Gasteiger partial charge in [0.25, 0.3) is 10.0 Å². The molecule has 0 aromatic heterocycles. The van der Waals surface area contributed by atoms with Crippen LogP contribution < -0.4 is 10.5 Å². The van der Waals surface area contributed by atoms with Crippen LogP contribution in [0.3, 0.4) is 0 Å². The lowest BCUT2D eigenvalue weighted by atomic mass is 10.3. The van der Waals surface area contributed by atoms with Gasteiger partial charge in [0.1, 0.15) is 11.6 Å². The van der Waals surface area contributed by atoms with Crippen molar-refractivity contribution in [3.8, 4) is 0 Å². The molecule has 3 N–H and O–H groups in total. The minimum Gasteiger partial charge on any atom is -0.396 e. The Morgan fingerprint density at radius 1 is 1.10 bits per heavy atom. The van der Waals surface area contributed by atoms with Crippen LogP contribution in [0.5, 0.6) is 0 Å². The van der Waals surface area contributed by atoms with Gasteiger partial charge in [0.15, 0.2) is 0 Å². The van der Waals surface area contributed by atoms with Crippen LogP contribution in [0.2, 0.25) is 5.02 Å². The van der Waals surface area contributed by atoms with Gasteiger partial charge in [-0.1, -0.05) is 11.6 Å². The first-order valence-electron chi connectivity index (χ1n) is 5.32. The van der Waals surface area contributed by atoms with Gasteiger partial charge in [0.05, 0.1) is 16.3 Å². The van der Waals surface area contributed by atoms with Crippen molar-refractivity contribution in [3.05, 3.63) is 53.1 Å². The molecule has 4 nitrogen and oxygen atoms in total. The minimum atomic E-state index is -4.01. The summed E-state index contributed by atoms with van der Waals surface area (Å²) >= 11 is 5.63. The van der Waals surface area contributed by atoms with Gasteiger partial charge in [-0.15, -0.1) is 0 Å². The van der Waals surface area contributed by atoms with E-state index in [1.165, 1.54) is 6.07 Å². The fourth-order valence-corrected chi connectivity index (χ4v) is 2.81. The molecule has 0 unspecified atom stereocenters. The van der Waals surface area contributed by atoms with Gasteiger partial charge in [-0.3, -0.25) is 4.72 Å². The second-order valence-corrected chi connectivity index (χ2v) is 6.07.